The summed E-state index contributed by atoms with van der Waals surface area (Å²) in [6.45, 7) is 5.73. The molecule has 3 N–H and O–H groups in total. The van der Waals surface area contributed by atoms with Gasteiger partial charge in [0.25, 0.3) is 0 Å². The average Bonchev–Trinajstić information content (AvgIpc) is 2.43. The van der Waals surface area contributed by atoms with Gasteiger partial charge in [0.1, 0.15) is 11.2 Å². The van der Waals surface area contributed by atoms with Crippen molar-refractivity contribution >= 4 is 5.97 Å². The number of carboxylic acids is 1. The van der Waals surface area contributed by atoms with E-state index < -0.39 is 28.7 Å². The third-order valence-corrected chi connectivity index (χ3v) is 4.69. The van der Waals surface area contributed by atoms with Crippen LogP contribution in [0, 0.1) is 5.41 Å². The largest absolute Gasteiger partial charge is 0.478 e. The molecule has 1 aliphatic carbocycles. The zero-order valence-electron chi connectivity index (χ0n) is 12.1. The van der Waals surface area contributed by atoms with Crippen LogP contribution in [-0.2, 0) is 9.53 Å². The van der Waals surface area contributed by atoms with Gasteiger partial charge in [-0.1, -0.05) is 13.0 Å². The minimum Gasteiger partial charge on any atom is -0.478 e. The molecule has 2 bridgehead atoms. The third-order valence-electron chi connectivity index (χ3n) is 4.69. The van der Waals surface area contributed by atoms with E-state index in [4.69, 9.17) is 9.84 Å². The molecule has 1 aliphatic heterocycles. The molecule has 0 radical (unpaired) electrons. The van der Waals surface area contributed by atoms with Crippen molar-refractivity contribution in [3.05, 3.63) is 23.8 Å². The molecule has 0 aromatic carbocycles. The maximum Gasteiger partial charge on any atom is 0.328 e. The molecule has 0 aromatic heterocycles. The van der Waals surface area contributed by atoms with Gasteiger partial charge in [-0.3, -0.25) is 0 Å². The Hall–Kier alpha value is -1.17. The Morgan fingerprint density at radius 3 is 2.55 bits per heavy atom. The van der Waals surface area contributed by atoms with Gasteiger partial charge in [-0.25, -0.2) is 4.79 Å². The number of carboxylic acid groups (broad SMARTS) is 1. The highest BCUT2D eigenvalue weighted by atomic mass is 16.5. The van der Waals surface area contributed by atoms with Crippen LogP contribution in [0.15, 0.2) is 23.8 Å². The first-order chi connectivity index (χ1) is 9.12. The zero-order chi connectivity index (χ0) is 15.2. The number of hydrogen-bond donors (Lipinski definition) is 3. The van der Waals surface area contributed by atoms with Crippen molar-refractivity contribution in [2.75, 3.05) is 6.61 Å². The highest BCUT2D eigenvalue weighted by molar-refractivity contribution is 5.81. The fraction of sp³-hybridized carbons (Fsp3) is 0.667. The lowest BCUT2D eigenvalue weighted by Crippen LogP contribution is -2.60. The molecule has 4 atom stereocenters. The summed E-state index contributed by atoms with van der Waals surface area (Å²) in [5, 5.41) is 29.7. The molecule has 2 fully saturated rings. The number of fused-ring (bicyclic) bond motifs is 2. The number of carbonyl (C=O) groups is 1. The van der Waals surface area contributed by atoms with Crippen LogP contribution in [0.1, 0.15) is 33.6 Å². The third kappa shape index (κ3) is 2.20. The normalized spacial score (nSPS) is 45.0. The van der Waals surface area contributed by atoms with E-state index in [1.165, 1.54) is 0 Å². The predicted octanol–water partition coefficient (Wildman–Crippen LogP) is 1.25. The summed E-state index contributed by atoms with van der Waals surface area (Å²) < 4.78 is 5.77. The minimum atomic E-state index is -1.22. The van der Waals surface area contributed by atoms with E-state index in [0.29, 0.717) is 25.0 Å². The molecule has 112 valence electrons. The van der Waals surface area contributed by atoms with Crippen molar-refractivity contribution < 1.29 is 24.9 Å². The number of ether oxygens (including phenoxy) is 1. The van der Waals surface area contributed by atoms with Gasteiger partial charge in [0, 0.05) is 17.9 Å². The summed E-state index contributed by atoms with van der Waals surface area (Å²) >= 11 is 0. The van der Waals surface area contributed by atoms with Gasteiger partial charge in [0.15, 0.2) is 0 Å². The first-order valence-electron chi connectivity index (χ1n) is 6.77. The molecule has 2 rings (SSSR count). The summed E-state index contributed by atoms with van der Waals surface area (Å²) in [6, 6.07) is 0. The van der Waals surface area contributed by atoms with Gasteiger partial charge in [-0.15, -0.1) is 0 Å². The number of aliphatic carboxylic acids is 1. The SMILES string of the molecule is CC(=C/C(=O)O)/C=C/[C@]1(O)[C@@]2(C)CO[C@]1(C)C[C@H](O)C2. The maximum absolute atomic E-state index is 11.1. The van der Waals surface area contributed by atoms with Crippen LogP contribution in [0.5, 0.6) is 0 Å². The van der Waals surface area contributed by atoms with E-state index >= 15 is 0 Å². The standard InChI is InChI=1S/C15H22O5/c1-10(6-12(17)18)4-5-15(19)13(2)7-11(16)8-14(15,3)20-9-13/h4-6,11,16,19H,7-9H2,1-3H3,(H,17,18)/b5-4+,10-6-/t11-,13-,14-,15+/m1/s1. The van der Waals surface area contributed by atoms with Crippen molar-refractivity contribution in [1.82, 2.24) is 0 Å². The topological polar surface area (TPSA) is 87.0 Å². The zero-order valence-corrected chi connectivity index (χ0v) is 12.1. The molecule has 1 saturated heterocycles. The lowest BCUT2D eigenvalue weighted by molar-refractivity contribution is -0.150. The van der Waals surface area contributed by atoms with E-state index in [1.54, 1.807) is 26.0 Å². The lowest BCUT2D eigenvalue weighted by atomic mass is 9.59. The van der Waals surface area contributed by atoms with Gasteiger partial charge < -0.3 is 20.1 Å². The quantitative estimate of drug-likeness (QED) is 0.536. The van der Waals surface area contributed by atoms with Crippen molar-refractivity contribution in [2.45, 2.75) is 50.9 Å². The van der Waals surface area contributed by atoms with Gasteiger partial charge >= 0.3 is 5.97 Å². The van der Waals surface area contributed by atoms with Crippen molar-refractivity contribution in [2.24, 2.45) is 5.41 Å². The van der Waals surface area contributed by atoms with Crippen LogP contribution >= 0.6 is 0 Å². The van der Waals surface area contributed by atoms with Gasteiger partial charge in [0.2, 0.25) is 0 Å². The number of allylic oxidation sites excluding steroid dienone is 2. The summed E-state index contributed by atoms with van der Waals surface area (Å²) in [7, 11) is 0. The van der Waals surface area contributed by atoms with Crippen LogP contribution in [-0.4, -0.2) is 45.2 Å². The van der Waals surface area contributed by atoms with Crippen molar-refractivity contribution in [3.8, 4) is 0 Å². The second kappa shape index (κ2) is 4.69. The Morgan fingerprint density at radius 1 is 1.35 bits per heavy atom. The molecule has 1 heterocycles. The Balaban J connectivity index is 2.34. The first kappa shape index (κ1) is 15.2. The molecule has 0 aromatic rings. The monoisotopic (exact) mass is 282 g/mol. The summed E-state index contributed by atoms with van der Waals surface area (Å²) in [5.74, 6) is -1.02. The van der Waals surface area contributed by atoms with E-state index in [2.05, 4.69) is 0 Å². The van der Waals surface area contributed by atoms with E-state index in [-0.39, 0.29) is 0 Å². The van der Waals surface area contributed by atoms with Crippen LogP contribution in [0.4, 0.5) is 0 Å². The number of hydrogen-bond acceptors (Lipinski definition) is 4. The summed E-state index contributed by atoms with van der Waals surface area (Å²) in [6.07, 6.45) is 4.66. The minimum absolute atomic E-state index is 0.366. The smallest absolute Gasteiger partial charge is 0.328 e. The second-order valence-corrected chi connectivity index (χ2v) is 6.47. The molecule has 1 saturated carbocycles. The maximum atomic E-state index is 11.1. The van der Waals surface area contributed by atoms with Crippen LogP contribution < -0.4 is 0 Å². The Morgan fingerprint density at radius 2 is 2.00 bits per heavy atom. The highest BCUT2D eigenvalue weighted by Gasteiger charge is 2.67. The van der Waals surface area contributed by atoms with E-state index in [1.807, 2.05) is 6.92 Å². The summed E-state index contributed by atoms with van der Waals surface area (Å²) in [5.41, 5.74) is -2.09. The average molecular weight is 282 g/mol. The number of aliphatic hydroxyl groups excluding tert-OH is 1. The fourth-order valence-electron chi connectivity index (χ4n) is 3.52. The fourth-order valence-corrected chi connectivity index (χ4v) is 3.52. The number of rotatable bonds is 3. The second-order valence-electron chi connectivity index (χ2n) is 6.47. The van der Waals surface area contributed by atoms with E-state index in [0.717, 1.165) is 6.08 Å². The molecule has 5 heteroatoms. The van der Waals surface area contributed by atoms with Crippen molar-refractivity contribution in [1.29, 1.82) is 0 Å². The Bertz CT molecular complexity index is 461. The molecule has 20 heavy (non-hydrogen) atoms. The van der Waals surface area contributed by atoms with Gasteiger partial charge in [-0.2, -0.15) is 0 Å². The molecule has 5 nitrogen and oxygen atoms in total. The van der Waals surface area contributed by atoms with E-state index in [9.17, 15) is 15.0 Å². The molecular weight excluding hydrogens is 260 g/mol. The van der Waals surface area contributed by atoms with Crippen LogP contribution in [0.3, 0.4) is 0 Å². The van der Waals surface area contributed by atoms with Gasteiger partial charge in [0.05, 0.1) is 12.7 Å². The Kier molecular flexibility index (Phi) is 3.57. The molecule has 0 amide bonds. The molecular formula is C15H22O5. The summed E-state index contributed by atoms with van der Waals surface area (Å²) in [4.78, 5) is 10.6. The molecule has 0 spiro atoms. The molecule has 0 unspecified atom stereocenters. The number of aliphatic hydroxyl groups is 2. The Labute approximate surface area is 118 Å². The first-order valence-corrected chi connectivity index (χ1v) is 6.77. The lowest BCUT2D eigenvalue weighted by Gasteiger charge is -2.49. The highest BCUT2D eigenvalue weighted by Crippen LogP contribution is 2.57. The van der Waals surface area contributed by atoms with Crippen LogP contribution in [0.2, 0.25) is 0 Å². The van der Waals surface area contributed by atoms with Crippen molar-refractivity contribution in [3.63, 3.8) is 0 Å². The van der Waals surface area contributed by atoms with Crippen LogP contribution in [0.25, 0.3) is 0 Å². The predicted molar refractivity (Wildman–Crippen MR) is 73.2 cm³/mol. The van der Waals surface area contributed by atoms with Gasteiger partial charge in [-0.05, 0) is 31.9 Å². The molecule has 2 aliphatic rings.